The number of alkyl halides is 1. The van der Waals surface area contributed by atoms with Crippen molar-refractivity contribution in [3.8, 4) is 0 Å². The lowest BCUT2D eigenvalue weighted by atomic mass is 10.1. The number of halogens is 2. The van der Waals surface area contributed by atoms with Crippen LogP contribution in [-0.2, 0) is 0 Å². The van der Waals surface area contributed by atoms with Gasteiger partial charge in [-0.15, -0.1) is 0 Å². The Morgan fingerprint density at radius 3 is 2.56 bits per heavy atom. The van der Waals surface area contributed by atoms with E-state index < -0.39 is 0 Å². The number of allylic oxidation sites excluding steroid dienone is 1. The molecule has 0 radical (unpaired) electrons. The van der Waals surface area contributed by atoms with Crippen LogP contribution in [0.25, 0.3) is 6.08 Å². The molecule has 86 valence electrons. The normalized spacial score (nSPS) is 11.5. The molecule has 0 aliphatic carbocycles. The van der Waals surface area contributed by atoms with Gasteiger partial charge in [0.25, 0.3) is 0 Å². The molecule has 0 bridgehead atoms. The van der Waals surface area contributed by atoms with Gasteiger partial charge in [-0.1, -0.05) is 39.7 Å². The molecule has 1 aromatic rings. The Morgan fingerprint density at radius 1 is 1.44 bits per heavy atom. The highest BCUT2D eigenvalue weighted by atomic mass is 79.9. The molecular weight excluding hydrogens is 293 g/mol. The number of rotatable bonds is 5. The first-order chi connectivity index (χ1) is 7.63. The van der Waals surface area contributed by atoms with Crippen molar-refractivity contribution >= 4 is 33.6 Å². The molecule has 0 unspecified atom stereocenters. The molecule has 0 spiro atoms. The molecule has 0 N–H and O–H groups in total. The lowest BCUT2D eigenvalue weighted by molar-refractivity contribution is -0.426. The highest BCUT2D eigenvalue weighted by Gasteiger charge is 2.09. The van der Waals surface area contributed by atoms with Crippen molar-refractivity contribution in [1.29, 1.82) is 0 Å². The Balaban J connectivity index is 2.84. The summed E-state index contributed by atoms with van der Waals surface area (Å²) >= 11 is 8.99. The van der Waals surface area contributed by atoms with Crippen LogP contribution >= 0.6 is 27.5 Å². The fourth-order valence-corrected chi connectivity index (χ4v) is 1.62. The van der Waals surface area contributed by atoms with Gasteiger partial charge in [-0.2, -0.15) is 0 Å². The molecule has 0 aromatic heterocycles. The third-order valence-electron chi connectivity index (χ3n) is 2.00. The van der Waals surface area contributed by atoms with Gasteiger partial charge in [-0.25, -0.2) is 0 Å². The summed E-state index contributed by atoms with van der Waals surface area (Å²) in [6, 6.07) is 6.96. The van der Waals surface area contributed by atoms with Crippen molar-refractivity contribution in [3.05, 3.63) is 50.7 Å². The topological polar surface area (TPSA) is 43.1 Å². The predicted molar refractivity (Wildman–Crippen MR) is 69.5 cm³/mol. The first kappa shape index (κ1) is 13.2. The smallest absolute Gasteiger partial charge is 0.246 e. The zero-order valence-electron chi connectivity index (χ0n) is 8.53. The zero-order valence-corrected chi connectivity index (χ0v) is 10.9. The van der Waals surface area contributed by atoms with Crippen molar-refractivity contribution in [3.63, 3.8) is 0 Å². The van der Waals surface area contributed by atoms with Crippen molar-refractivity contribution in [2.75, 3.05) is 5.33 Å². The number of hydrogen-bond donors (Lipinski definition) is 0. The number of nitro groups is 1. The van der Waals surface area contributed by atoms with E-state index in [1.165, 1.54) is 0 Å². The molecule has 5 heteroatoms. The predicted octanol–water partition coefficient (Wildman–Crippen LogP) is 4.13. The lowest BCUT2D eigenvalue weighted by Gasteiger charge is -1.98. The Labute approximate surface area is 107 Å². The fraction of sp³-hybridized carbons (Fsp3) is 0.273. The minimum absolute atomic E-state index is 0.224. The van der Waals surface area contributed by atoms with Gasteiger partial charge < -0.3 is 0 Å². The van der Waals surface area contributed by atoms with Crippen LogP contribution in [0.2, 0.25) is 5.02 Å². The van der Waals surface area contributed by atoms with Gasteiger partial charge in [0, 0.05) is 22.8 Å². The highest BCUT2D eigenvalue weighted by Crippen LogP contribution is 2.15. The van der Waals surface area contributed by atoms with E-state index in [0.29, 0.717) is 11.4 Å². The summed E-state index contributed by atoms with van der Waals surface area (Å²) in [6.07, 6.45) is 2.79. The molecule has 0 aliphatic rings. The molecule has 0 aliphatic heterocycles. The van der Waals surface area contributed by atoms with E-state index in [2.05, 4.69) is 15.9 Å². The third kappa shape index (κ3) is 4.33. The SMILES string of the molecule is O=[N+]([O-])/C(=C\c1ccc(Cl)cc1)CCCBr. The Morgan fingerprint density at radius 2 is 2.06 bits per heavy atom. The van der Waals surface area contributed by atoms with Crippen LogP contribution in [0.15, 0.2) is 30.0 Å². The standard InChI is InChI=1S/C11H11BrClNO2/c12-7-1-2-11(14(15)16)8-9-3-5-10(13)6-4-9/h3-6,8H,1-2,7H2/b11-8-. The monoisotopic (exact) mass is 303 g/mol. The van der Waals surface area contributed by atoms with E-state index in [1.807, 2.05) is 0 Å². The van der Waals surface area contributed by atoms with Gasteiger partial charge in [0.15, 0.2) is 0 Å². The summed E-state index contributed by atoms with van der Waals surface area (Å²) in [5.74, 6) is 0. The molecule has 16 heavy (non-hydrogen) atoms. The van der Waals surface area contributed by atoms with Crippen LogP contribution in [0.5, 0.6) is 0 Å². The Hall–Kier alpha value is -0.870. The maximum atomic E-state index is 10.8. The van der Waals surface area contributed by atoms with Crippen LogP contribution in [0.4, 0.5) is 0 Å². The van der Waals surface area contributed by atoms with Gasteiger partial charge in [0.1, 0.15) is 0 Å². The van der Waals surface area contributed by atoms with Crippen molar-refractivity contribution in [2.45, 2.75) is 12.8 Å². The van der Waals surface area contributed by atoms with Gasteiger partial charge in [0.2, 0.25) is 5.70 Å². The summed E-state index contributed by atoms with van der Waals surface area (Å²) in [7, 11) is 0. The van der Waals surface area contributed by atoms with Gasteiger partial charge >= 0.3 is 0 Å². The fourth-order valence-electron chi connectivity index (χ4n) is 1.22. The van der Waals surface area contributed by atoms with Crippen LogP contribution in [0, 0.1) is 10.1 Å². The first-order valence-electron chi connectivity index (χ1n) is 4.80. The van der Waals surface area contributed by atoms with E-state index in [0.717, 1.165) is 17.3 Å². The minimum atomic E-state index is -0.336. The Kier molecular flexibility index (Phi) is 5.49. The zero-order chi connectivity index (χ0) is 12.0. The summed E-state index contributed by atoms with van der Waals surface area (Å²) in [5.41, 5.74) is 1.02. The van der Waals surface area contributed by atoms with Gasteiger partial charge in [-0.05, 0) is 24.1 Å². The summed E-state index contributed by atoms with van der Waals surface area (Å²) in [6.45, 7) is 0. The van der Waals surface area contributed by atoms with Crippen molar-refractivity contribution in [1.82, 2.24) is 0 Å². The average molecular weight is 305 g/mol. The largest absolute Gasteiger partial charge is 0.259 e. The Bertz CT molecular complexity index is 389. The van der Waals surface area contributed by atoms with E-state index in [4.69, 9.17) is 11.6 Å². The molecule has 0 amide bonds. The second-order valence-electron chi connectivity index (χ2n) is 3.24. The van der Waals surface area contributed by atoms with Crippen molar-refractivity contribution < 1.29 is 4.92 Å². The molecule has 0 saturated heterocycles. The minimum Gasteiger partial charge on any atom is -0.259 e. The lowest BCUT2D eigenvalue weighted by Crippen LogP contribution is -1.98. The van der Waals surface area contributed by atoms with Crippen LogP contribution in [0.1, 0.15) is 18.4 Å². The molecule has 0 atom stereocenters. The van der Waals surface area contributed by atoms with Crippen LogP contribution in [0.3, 0.4) is 0 Å². The molecule has 0 fully saturated rings. The van der Waals surface area contributed by atoms with Crippen molar-refractivity contribution in [2.24, 2.45) is 0 Å². The van der Waals surface area contributed by atoms with Gasteiger partial charge in [-0.3, -0.25) is 10.1 Å². The summed E-state index contributed by atoms with van der Waals surface area (Å²) < 4.78 is 0. The van der Waals surface area contributed by atoms with Gasteiger partial charge in [0.05, 0.1) is 4.92 Å². The second-order valence-corrected chi connectivity index (χ2v) is 4.47. The highest BCUT2D eigenvalue weighted by molar-refractivity contribution is 9.09. The van der Waals surface area contributed by atoms with E-state index >= 15 is 0 Å². The number of nitrogens with zero attached hydrogens (tertiary/aromatic N) is 1. The third-order valence-corrected chi connectivity index (χ3v) is 2.82. The molecule has 1 aromatic carbocycles. The molecule has 1 rings (SSSR count). The quantitative estimate of drug-likeness (QED) is 0.466. The number of benzene rings is 1. The molecule has 3 nitrogen and oxygen atoms in total. The first-order valence-corrected chi connectivity index (χ1v) is 6.30. The maximum Gasteiger partial charge on any atom is 0.246 e. The summed E-state index contributed by atoms with van der Waals surface area (Å²) in [4.78, 5) is 10.4. The van der Waals surface area contributed by atoms with E-state index in [-0.39, 0.29) is 10.6 Å². The van der Waals surface area contributed by atoms with Crippen LogP contribution < -0.4 is 0 Å². The summed E-state index contributed by atoms with van der Waals surface area (Å²) in [5, 5.41) is 12.2. The number of hydrogen-bond acceptors (Lipinski definition) is 2. The molecule has 0 saturated carbocycles. The average Bonchev–Trinajstić information content (AvgIpc) is 2.26. The van der Waals surface area contributed by atoms with Crippen LogP contribution in [-0.4, -0.2) is 10.3 Å². The van der Waals surface area contributed by atoms with E-state index in [9.17, 15) is 10.1 Å². The maximum absolute atomic E-state index is 10.8. The molecular formula is C11H11BrClNO2. The van der Waals surface area contributed by atoms with E-state index in [1.54, 1.807) is 30.3 Å². The second kappa shape index (κ2) is 6.66. The molecule has 0 heterocycles.